The zero-order valence-electron chi connectivity index (χ0n) is 15.2. The Hall–Kier alpha value is -2.27. The topological polar surface area (TPSA) is 49.4 Å². The summed E-state index contributed by atoms with van der Waals surface area (Å²) >= 11 is 1.68. The minimum Gasteiger partial charge on any atom is -0.340 e. The standard InChI is InChI=1S/C21H24N2O2S/c1-15-6-5-8-17(14-15)20(24)22-18(11-13-26-2)21(25)23-12-10-16-7-3-4-9-19(16)23/h3-9,14,18H,10-13H2,1-2H3,(H,22,24). The van der Waals surface area contributed by atoms with Gasteiger partial charge in [-0.25, -0.2) is 0 Å². The number of anilines is 1. The highest BCUT2D eigenvalue weighted by Gasteiger charge is 2.30. The summed E-state index contributed by atoms with van der Waals surface area (Å²) in [5.74, 6) is 0.602. The number of nitrogens with one attached hydrogen (secondary N) is 1. The number of rotatable bonds is 6. The minimum absolute atomic E-state index is 0.0231. The van der Waals surface area contributed by atoms with E-state index in [1.807, 2.05) is 54.5 Å². The molecule has 0 saturated heterocycles. The summed E-state index contributed by atoms with van der Waals surface area (Å²) in [7, 11) is 0. The quantitative estimate of drug-likeness (QED) is 0.850. The molecule has 0 fully saturated rings. The Morgan fingerprint density at radius 1 is 1.19 bits per heavy atom. The van der Waals surface area contributed by atoms with E-state index in [4.69, 9.17) is 0 Å². The van der Waals surface area contributed by atoms with E-state index in [1.165, 1.54) is 5.56 Å². The molecule has 0 aliphatic carbocycles. The molecule has 2 aromatic carbocycles. The monoisotopic (exact) mass is 368 g/mol. The van der Waals surface area contributed by atoms with Gasteiger partial charge in [0.1, 0.15) is 6.04 Å². The number of benzene rings is 2. The number of fused-ring (bicyclic) bond motifs is 1. The van der Waals surface area contributed by atoms with Crippen molar-refractivity contribution in [2.24, 2.45) is 0 Å². The molecule has 0 saturated carbocycles. The number of amides is 2. The molecule has 0 bridgehead atoms. The first kappa shape index (κ1) is 18.5. The van der Waals surface area contributed by atoms with Crippen molar-refractivity contribution in [1.82, 2.24) is 5.32 Å². The maximum Gasteiger partial charge on any atom is 0.251 e. The summed E-state index contributed by atoms with van der Waals surface area (Å²) in [5.41, 5.74) is 3.78. The Morgan fingerprint density at radius 3 is 2.77 bits per heavy atom. The van der Waals surface area contributed by atoms with E-state index in [0.29, 0.717) is 18.5 Å². The van der Waals surface area contributed by atoms with E-state index in [2.05, 4.69) is 11.4 Å². The second-order valence-electron chi connectivity index (χ2n) is 6.55. The number of carbonyl (C=O) groups excluding carboxylic acids is 2. The van der Waals surface area contributed by atoms with Gasteiger partial charge >= 0.3 is 0 Å². The molecule has 3 rings (SSSR count). The van der Waals surface area contributed by atoms with Crippen molar-refractivity contribution in [2.75, 3.05) is 23.5 Å². The van der Waals surface area contributed by atoms with Crippen LogP contribution in [0.1, 0.15) is 27.9 Å². The average Bonchev–Trinajstić information content (AvgIpc) is 3.08. The Labute approximate surface area is 159 Å². The fourth-order valence-corrected chi connectivity index (χ4v) is 3.75. The van der Waals surface area contributed by atoms with Crippen LogP contribution in [0.15, 0.2) is 48.5 Å². The summed E-state index contributed by atoms with van der Waals surface area (Å²) in [5, 5.41) is 2.96. The average molecular weight is 369 g/mol. The van der Waals surface area contributed by atoms with E-state index in [0.717, 1.165) is 23.4 Å². The third kappa shape index (κ3) is 4.10. The van der Waals surface area contributed by atoms with Crippen molar-refractivity contribution in [3.63, 3.8) is 0 Å². The predicted octanol–water partition coefficient (Wildman–Crippen LogP) is 3.44. The second kappa shape index (κ2) is 8.41. The molecule has 0 spiro atoms. The highest BCUT2D eigenvalue weighted by molar-refractivity contribution is 7.98. The normalized spacial score (nSPS) is 14.0. The van der Waals surface area contributed by atoms with Crippen molar-refractivity contribution >= 4 is 29.3 Å². The van der Waals surface area contributed by atoms with Gasteiger partial charge in [-0.3, -0.25) is 9.59 Å². The second-order valence-corrected chi connectivity index (χ2v) is 7.53. The molecule has 136 valence electrons. The highest BCUT2D eigenvalue weighted by atomic mass is 32.2. The summed E-state index contributed by atoms with van der Waals surface area (Å²) in [6.45, 7) is 2.63. The summed E-state index contributed by atoms with van der Waals surface area (Å²) in [6, 6.07) is 14.9. The number of aryl methyl sites for hydroxylation is 1. The van der Waals surface area contributed by atoms with Crippen molar-refractivity contribution in [1.29, 1.82) is 0 Å². The molecular formula is C21H24N2O2S. The van der Waals surface area contributed by atoms with Crippen LogP contribution in [-0.4, -0.2) is 36.4 Å². The fourth-order valence-electron chi connectivity index (χ4n) is 3.28. The van der Waals surface area contributed by atoms with Gasteiger partial charge in [0.25, 0.3) is 5.91 Å². The zero-order valence-corrected chi connectivity index (χ0v) is 16.0. The van der Waals surface area contributed by atoms with Crippen LogP contribution in [0, 0.1) is 6.92 Å². The maximum atomic E-state index is 13.1. The molecular weight excluding hydrogens is 344 g/mol. The van der Waals surface area contributed by atoms with Crippen LogP contribution in [0.2, 0.25) is 0 Å². The van der Waals surface area contributed by atoms with Gasteiger partial charge in [-0.15, -0.1) is 0 Å². The van der Waals surface area contributed by atoms with E-state index < -0.39 is 6.04 Å². The van der Waals surface area contributed by atoms with Crippen molar-refractivity contribution < 1.29 is 9.59 Å². The minimum atomic E-state index is -0.512. The molecule has 1 atom stereocenters. The molecule has 1 heterocycles. The zero-order chi connectivity index (χ0) is 18.5. The Morgan fingerprint density at radius 2 is 2.00 bits per heavy atom. The molecule has 1 aliphatic rings. The van der Waals surface area contributed by atoms with E-state index in [1.54, 1.807) is 17.8 Å². The smallest absolute Gasteiger partial charge is 0.251 e. The Bertz CT molecular complexity index is 806. The van der Waals surface area contributed by atoms with Crippen LogP contribution in [0.3, 0.4) is 0 Å². The van der Waals surface area contributed by atoms with Gasteiger partial charge in [-0.2, -0.15) is 11.8 Å². The Kier molecular flexibility index (Phi) is 5.99. The van der Waals surface area contributed by atoms with Gasteiger partial charge in [-0.1, -0.05) is 35.9 Å². The number of para-hydroxylation sites is 1. The molecule has 26 heavy (non-hydrogen) atoms. The van der Waals surface area contributed by atoms with Crippen LogP contribution in [0.4, 0.5) is 5.69 Å². The number of hydrogen-bond acceptors (Lipinski definition) is 3. The van der Waals surface area contributed by atoms with E-state index in [9.17, 15) is 9.59 Å². The molecule has 4 nitrogen and oxygen atoms in total. The largest absolute Gasteiger partial charge is 0.340 e. The van der Waals surface area contributed by atoms with Crippen molar-refractivity contribution in [3.8, 4) is 0 Å². The molecule has 1 unspecified atom stereocenters. The predicted molar refractivity (Wildman–Crippen MR) is 108 cm³/mol. The third-order valence-electron chi connectivity index (χ3n) is 4.65. The number of carbonyl (C=O) groups is 2. The van der Waals surface area contributed by atoms with Crippen LogP contribution < -0.4 is 10.2 Å². The number of nitrogens with zero attached hydrogens (tertiary/aromatic N) is 1. The first-order valence-corrected chi connectivity index (χ1v) is 10.3. The summed E-state index contributed by atoms with van der Waals surface area (Å²) < 4.78 is 0. The lowest BCUT2D eigenvalue weighted by Crippen LogP contribution is -2.48. The Balaban J connectivity index is 1.77. The van der Waals surface area contributed by atoms with Gasteiger partial charge < -0.3 is 10.2 Å². The molecule has 0 aromatic heterocycles. The van der Waals surface area contributed by atoms with Crippen molar-refractivity contribution in [2.45, 2.75) is 25.8 Å². The van der Waals surface area contributed by atoms with Gasteiger partial charge in [0.2, 0.25) is 5.91 Å². The van der Waals surface area contributed by atoms with Crippen LogP contribution in [0.25, 0.3) is 0 Å². The lowest BCUT2D eigenvalue weighted by molar-refractivity contribution is -0.120. The van der Waals surface area contributed by atoms with Gasteiger partial charge in [0, 0.05) is 17.8 Å². The lowest BCUT2D eigenvalue weighted by atomic mass is 10.1. The molecule has 2 aromatic rings. The molecule has 1 aliphatic heterocycles. The van der Waals surface area contributed by atoms with E-state index >= 15 is 0 Å². The van der Waals surface area contributed by atoms with E-state index in [-0.39, 0.29) is 11.8 Å². The molecule has 0 radical (unpaired) electrons. The van der Waals surface area contributed by atoms with Crippen LogP contribution in [0.5, 0.6) is 0 Å². The number of thioether (sulfide) groups is 1. The van der Waals surface area contributed by atoms with Crippen molar-refractivity contribution in [3.05, 3.63) is 65.2 Å². The number of hydrogen-bond donors (Lipinski definition) is 1. The molecule has 2 amide bonds. The highest BCUT2D eigenvalue weighted by Crippen LogP contribution is 2.28. The van der Waals surface area contributed by atoms with Crippen LogP contribution in [-0.2, 0) is 11.2 Å². The SMILES string of the molecule is CSCCC(NC(=O)c1cccc(C)c1)C(=O)N1CCc2ccccc21. The first-order valence-electron chi connectivity index (χ1n) is 8.86. The molecule has 1 N–H and O–H groups in total. The third-order valence-corrected chi connectivity index (χ3v) is 5.29. The first-order chi connectivity index (χ1) is 12.6. The van der Waals surface area contributed by atoms with Gasteiger partial charge in [0.15, 0.2) is 0 Å². The van der Waals surface area contributed by atoms with Gasteiger partial charge in [-0.05, 0) is 55.5 Å². The maximum absolute atomic E-state index is 13.1. The van der Waals surface area contributed by atoms with Crippen LogP contribution >= 0.6 is 11.8 Å². The molecule has 5 heteroatoms. The summed E-state index contributed by atoms with van der Waals surface area (Å²) in [6.07, 6.45) is 3.49. The lowest BCUT2D eigenvalue weighted by Gasteiger charge is -2.25. The summed E-state index contributed by atoms with van der Waals surface area (Å²) in [4.78, 5) is 27.6. The van der Waals surface area contributed by atoms with Gasteiger partial charge in [0.05, 0.1) is 0 Å². The fraction of sp³-hybridized carbons (Fsp3) is 0.333.